The lowest BCUT2D eigenvalue weighted by molar-refractivity contribution is 0.0193. The number of hydrogen-bond acceptors (Lipinski definition) is 4. The summed E-state index contributed by atoms with van der Waals surface area (Å²) in [6.45, 7) is 5.55. The molecule has 1 spiro atoms. The van der Waals surface area contributed by atoms with Gasteiger partial charge in [0.1, 0.15) is 11.6 Å². The van der Waals surface area contributed by atoms with E-state index in [1.54, 1.807) is 7.11 Å². The van der Waals surface area contributed by atoms with Gasteiger partial charge in [0.25, 0.3) is 0 Å². The molecule has 1 N–H and O–H groups in total. The molecular weight excluding hydrogens is 342 g/mol. The zero-order valence-corrected chi connectivity index (χ0v) is 16.2. The molecule has 0 unspecified atom stereocenters. The highest BCUT2D eigenvalue weighted by molar-refractivity contribution is 5.89. The number of carbonyl (C=O) groups excluding carboxylic acids is 1. The van der Waals surface area contributed by atoms with Gasteiger partial charge >= 0.3 is 6.03 Å². The molecule has 2 aliphatic heterocycles. The first-order valence-corrected chi connectivity index (χ1v) is 9.47. The molecule has 27 heavy (non-hydrogen) atoms. The number of benzene rings is 1. The summed E-state index contributed by atoms with van der Waals surface area (Å²) in [6.07, 6.45) is 3.76. The van der Waals surface area contributed by atoms with Crippen molar-refractivity contribution in [2.24, 2.45) is 0 Å². The second-order valence-corrected chi connectivity index (χ2v) is 7.48. The Morgan fingerprint density at radius 3 is 2.74 bits per heavy atom. The molecule has 144 valence electrons. The van der Waals surface area contributed by atoms with Gasteiger partial charge in [0.15, 0.2) is 0 Å². The van der Waals surface area contributed by atoms with Gasteiger partial charge in [0.05, 0.1) is 12.6 Å². The summed E-state index contributed by atoms with van der Waals surface area (Å²) < 4.78 is 7.56. The van der Waals surface area contributed by atoms with Crippen molar-refractivity contribution in [2.75, 3.05) is 39.1 Å². The zero-order valence-electron chi connectivity index (χ0n) is 16.2. The van der Waals surface area contributed by atoms with Crippen molar-refractivity contribution in [3.05, 3.63) is 42.0 Å². The quantitative estimate of drug-likeness (QED) is 0.884. The van der Waals surface area contributed by atoms with Gasteiger partial charge in [-0.2, -0.15) is 0 Å². The third-order valence-corrected chi connectivity index (χ3v) is 6.06. The fourth-order valence-corrected chi connectivity index (χ4v) is 4.34. The molecule has 7 heteroatoms. The normalized spacial score (nSPS) is 19.0. The second-order valence-electron chi connectivity index (χ2n) is 7.48. The van der Waals surface area contributed by atoms with E-state index in [9.17, 15) is 4.79 Å². The lowest BCUT2D eigenvalue weighted by atomic mass is 9.83. The number of nitrogens with one attached hydrogen (secondary N) is 1. The van der Waals surface area contributed by atoms with Crippen LogP contribution in [0.4, 0.5) is 10.5 Å². The fraction of sp³-hybridized carbons (Fsp3) is 0.500. The summed E-state index contributed by atoms with van der Waals surface area (Å²) in [7, 11) is 3.80. The van der Waals surface area contributed by atoms with E-state index in [4.69, 9.17) is 9.72 Å². The molecule has 1 aromatic heterocycles. The number of methoxy groups -OCH3 is 1. The Hall–Kier alpha value is -2.54. The van der Waals surface area contributed by atoms with Crippen molar-refractivity contribution < 1.29 is 9.53 Å². The van der Waals surface area contributed by atoms with Gasteiger partial charge in [-0.15, -0.1) is 0 Å². The molecule has 2 aliphatic rings. The van der Waals surface area contributed by atoms with E-state index in [-0.39, 0.29) is 11.6 Å². The van der Waals surface area contributed by atoms with E-state index < -0.39 is 0 Å². The number of likely N-dealkylation sites (tertiary alicyclic amines) is 1. The molecule has 0 bridgehead atoms. The van der Waals surface area contributed by atoms with E-state index in [0.29, 0.717) is 13.1 Å². The van der Waals surface area contributed by atoms with Crippen molar-refractivity contribution in [3.8, 4) is 5.75 Å². The number of ether oxygens (including phenoxy) is 1. The van der Waals surface area contributed by atoms with Crippen LogP contribution in [0, 0.1) is 6.92 Å². The molecule has 7 nitrogen and oxygen atoms in total. The van der Waals surface area contributed by atoms with Crippen molar-refractivity contribution in [2.45, 2.75) is 31.8 Å². The lowest BCUT2D eigenvalue weighted by Crippen LogP contribution is -2.57. The lowest BCUT2D eigenvalue weighted by Gasteiger charge is -2.49. The minimum atomic E-state index is -0.0702. The van der Waals surface area contributed by atoms with Gasteiger partial charge < -0.3 is 19.5 Å². The van der Waals surface area contributed by atoms with Crippen LogP contribution in [0.25, 0.3) is 0 Å². The number of anilines is 1. The molecule has 1 fully saturated rings. The van der Waals surface area contributed by atoms with Crippen molar-refractivity contribution in [1.82, 2.24) is 19.4 Å². The summed E-state index contributed by atoms with van der Waals surface area (Å²) in [4.78, 5) is 21.8. The summed E-state index contributed by atoms with van der Waals surface area (Å²) in [5.74, 6) is 1.89. The number of likely N-dealkylation sites (N-methyl/N-ethyl adjacent to an activating group) is 1. The van der Waals surface area contributed by atoms with Crippen LogP contribution in [-0.4, -0.2) is 59.2 Å². The van der Waals surface area contributed by atoms with E-state index in [2.05, 4.69) is 28.8 Å². The molecule has 1 saturated heterocycles. The van der Waals surface area contributed by atoms with Gasteiger partial charge in [-0.3, -0.25) is 4.90 Å². The number of rotatable bonds is 2. The number of hydrogen-bond donors (Lipinski definition) is 1. The first-order chi connectivity index (χ1) is 13.0. The van der Waals surface area contributed by atoms with Gasteiger partial charge in [-0.05, 0) is 38.9 Å². The van der Waals surface area contributed by atoms with Gasteiger partial charge in [0.2, 0.25) is 0 Å². The maximum atomic E-state index is 12.7. The Labute approximate surface area is 159 Å². The number of carbonyl (C=O) groups is 1. The largest absolute Gasteiger partial charge is 0.497 e. The Bertz CT molecular complexity index is 839. The van der Waals surface area contributed by atoms with Crippen LogP contribution in [0.5, 0.6) is 5.75 Å². The number of aromatic nitrogens is 2. The van der Waals surface area contributed by atoms with E-state index >= 15 is 0 Å². The molecule has 0 saturated carbocycles. The van der Waals surface area contributed by atoms with E-state index in [1.807, 2.05) is 35.4 Å². The molecule has 2 aromatic rings. The predicted octanol–water partition coefficient (Wildman–Crippen LogP) is 2.67. The minimum absolute atomic E-state index is 0.0592. The SMILES string of the molecule is COc1cccc(NC(=O)N2CCC3(CC2)c2ncc(C)n2CCN3C)c1. The number of imidazole rings is 1. The highest BCUT2D eigenvalue weighted by atomic mass is 16.5. The summed E-state index contributed by atoms with van der Waals surface area (Å²) in [5, 5.41) is 2.98. The number of fused-ring (bicyclic) bond motifs is 2. The Morgan fingerprint density at radius 1 is 1.22 bits per heavy atom. The van der Waals surface area contributed by atoms with Crippen LogP contribution in [0.3, 0.4) is 0 Å². The zero-order chi connectivity index (χ0) is 19.0. The van der Waals surface area contributed by atoms with Crippen molar-refractivity contribution >= 4 is 11.7 Å². The molecule has 0 atom stereocenters. The smallest absolute Gasteiger partial charge is 0.321 e. The Kier molecular flexibility index (Phi) is 4.55. The molecule has 2 amide bonds. The summed E-state index contributed by atoms with van der Waals surface area (Å²) in [5.41, 5.74) is 1.90. The monoisotopic (exact) mass is 369 g/mol. The summed E-state index contributed by atoms with van der Waals surface area (Å²) in [6, 6.07) is 7.39. The van der Waals surface area contributed by atoms with Crippen LogP contribution >= 0.6 is 0 Å². The maximum absolute atomic E-state index is 12.7. The number of amides is 2. The van der Waals surface area contributed by atoms with Gasteiger partial charge in [-0.1, -0.05) is 6.07 Å². The van der Waals surface area contributed by atoms with Crippen LogP contribution in [0.15, 0.2) is 30.5 Å². The predicted molar refractivity (Wildman–Crippen MR) is 104 cm³/mol. The molecule has 1 aromatic carbocycles. The second kappa shape index (κ2) is 6.88. The first-order valence-electron chi connectivity index (χ1n) is 9.47. The molecular formula is C20H27N5O2. The topological polar surface area (TPSA) is 62.6 Å². The molecule has 0 radical (unpaired) electrons. The minimum Gasteiger partial charge on any atom is -0.497 e. The Balaban J connectivity index is 1.46. The number of urea groups is 1. The van der Waals surface area contributed by atoms with E-state index in [1.165, 1.54) is 5.69 Å². The third-order valence-electron chi connectivity index (χ3n) is 6.06. The molecule has 4 rings (SSSR count). The first kappa shape index (κ1) is 17.9. The van der Waals surface area contributed by atoms with Crippen molar-refractivity contribution in [3.63, 3.8) is 0 Å². The average molecular weight is 369 g/mol. The summed E-state index contributed by atoms with van der Waals surface area (Å²) >= 11 is 0. The van der Waals surface area contributed by atoms with Crippen LogP contribution < -0.4 is 10.1 Å². The number of piperidine rings is 1. The Morgan fingerprint density at radius 2 is 2.00 bits per heavy atom. The van der Waals surface area contributed by atoms with Crippen molar-refractivity contribution in [1.29, 1.82) is 0 Å². The molecule has 0 aliphatic carbocycles. The van der Waals surface area contributed by atoms with Gasteiger partial charge in [0, 0.05) is 49.8 Å². The third kappa shape index (κ3) is 3.06. The van der Waals surface area contributed by atoms with E-state index in [0.717, 1.165) is 43.2 Å². The number of nitrogens with zero attached hydrogens (tertiary/aromatic N) is 4. The van der Waals surface area contributed by atoms with Crippen LogP contribution in [-0.2, 0) is 12.1 Å². The standard InChI is InChI=1S/C20H27N5O2/c1-15-14-21-18-20(23(2)11-12-25(15)18)7-9-24(10-8-20)19(26)22-16-5-4-6-17(13-16)27-3/h4-6,13-14H,7-12H2,1-3H3,(H,22,26). The van der Waals surface area contributed by atoms with Crippen LogP contribution in [0.2, 0.25) is 0 Å². The van der Waals surface area contributed by atoms with Crippen LogP contribution in [0.1, 0.15) is 24.4 Å². The highest BCUT2D eigenvalue weighted by Crippen LogP contribution is 2.40. The average Bonchev–Trinajstić information content (AvgIpc) is 3.07. The van der Waals surface area contributed by atoms with Gasteiger partial charge in [-0.25, -0.2) is 9.78 Å². The highest BCUT2D eigenvalue weighted by Gasteiger charge is 2.46. The maximum Gasteiger partial charge on any atom is 0.321 e. The molecule has 3 heterocycles. The number of aryl methyl sites for hydroxylation is 1. The fourth-order valence-electron chi connectivity index (χ4n) is 4.34.